The lowest BCUT2D eigenvalue weighted by molar-refractivity contribution is -0.132. The Morgan fingerprint density at radius 2 is 1.67 bits per heavy atom. The van der Waals surface area contributed by atoms with Gasteiger partial charge >= 0.3 is 0 Å². The van der Waals surface area contributed by atoms with Crippen molar-refractivity contribution in [1.29, 1.82) is 0 Å². The lowest BCUT2D eigenvalue weighted by atomic mass is 10.0. The highest BCUT2D eigenvalue weighted by molar-refractivity contribution is 5.95. The van der Waals surface area contributed by atoms with E-state index in [1.165, 1.54) is 11.1 Å². The van der Waals surface area contributed by atoms with Crippen LogP contribution < -0.4 is 5.32 Å². The van der Waals surface area contributed by atoms with Crippen molar-refractivity contribution in [3.63, 3.8) is 0 Å². The minimum Gasteiger partial charge on any atom is -0.349 e. The van der Waals surface area contributed by atoms with Crippen molar-refractivity contribution in [3.05, 3.63) is 70.8 Å². The Morgan fingerprint density at radius 3 is 2.33 bits per heavy atom. The molecule has 0 spiro atoms. The van der Waals surface area contributed by atoms with Gasteiger partial charge in [0, 0.05) is 31.1 Å². The first kappa shape index (κ1) is 19.2. The number of amides is 2. The monoisotopic (exact) mass is 364 g/mol. The Balaban J connectivity index is 1.44. The molecular weight excluding hydrogens is 336 g/mol. The summed E-state index contributed by atoms with van der Waals surface area (Å²) in [7, 11) is 0. The van der Waals surface area contributed by atoms with Crippen LogP contribution >= 0.6 is 0 Å². The summed E-state index contributed by atoms with van der Waals surface area (Å²) in [6.45, 7) is 5.44. The fraction of sp³-hybridized carbons (Fsp3) is 0.391. The average molecular weight is 364 g/mol. The number of benzene rings is 2. The highest BCUT2D eigenvalue weighted by Crippen LogP contribution is 2.15. The topological polar surface area (TPSA) is 49.4 Å². The van der Waals surface area contributed by atoms with Gasteiger partial charge in [0.1, 0.15) is 0 Å². The summed E-state index contributed by atoms with van der Waals surface area (Å²) >= 11 is 0. The molecule has 2 aromatic carbocycles. The molecule has 2 aromatic rings. The number of likely N-dealkylation sites (tertiary alicyclic amines) is 1. The van der Waals surface area contributed by atoms with Gasteiger partial charge in [-0.1, -0.05) is 48.0 Å². The Bertz CT molecular complexity index is 790. The highest BCUT2D eigenvalue weighted by atomic mass is 16.2. The maximum absolute atomic E-state index is 12.5. The minimum atomic E-state index is -0.0164. The first-order chi connectivity index (χ1) is 13.0. The Labute approximate surface area is 161 Å². The average Bonchev–Trinajstić information content (AvgIpc) is 2.68. The van der Waals surface area contributed by atoms with E-state index in [9.17, 15) is 9.59 Å². The first-order valence-electron chi connectivity index (χ1n) is 9.73. The summed E-state index contributed by atoms with van der Waals surface area (Å²) in [5.74, 6) is 0.191. The summed E-state index contributed by atoms with van der Waals surface area (Å²) < 4.78 is 0. The van der Waals surface area contributed by atoms with Crippen molar-refractivity contribution in [2.45, 2.75) is 45.6 Å². The van der Waals surface area contributed by atoms with Gasteiger partial charge in [-0.3, -0.25) is 9.59 Å². The molecule has 1 aliphatic rings. The largest absolute Gasteiger partial charge is 0.349 e. The zero-order valence-electron chi connectivity index (χ0n) is 16.2. The van der Waals surface area contributed by atoms with Crippen molar-refractivity contribution in [2.24, 2.45) is 0 Å². The Morgan fingerprint density at radius 1 is 1.00 bits per heavy atom. The van der Waals surface area contributed by atoms with Crippen molar-refractivity contribution in [2.75, 3.05) is 13.1 Å². The van der Waals surface area contributed by atoms with E-state index in [1.54, 1.807) is 0 Å². The molecule has 3 rings (SSSR count). The molecule has 0 radical (unpaired) electrons. The van der Waals surface area contributed by atoms with E-state index in [1.807, 2.05) is 36.1 Å². The fourth-order valence-electron chi connectivity index (χ4n) is 3.53. The zero-order valence-corrected chi connectivity index (χ0v) is 16.2. The van der Waals surface area contributed by atoms with Crippen molar-refractivity contribution in [3.8, 4) is 0 Å². The van der Waals surface area contributed by atoms with Crippen LogP contribution in [0, 0.1) is 13.8 Å². The molecule has 2 amide bonds. The third-order valence-electron chi connectivity index (χ3n) is 5.32. The van der Waals surface area contributed by atoms with E-state index in [0.717, 1.165) is 30.4 Å². The molecule has 0 bridgehead atoms. The van der Waals surface area contributed by atoms with Crippen LogP contribution in [0.25, 0.3) is 0 Å². The molecule has 4 nitrogen and oxygen atoms in total. The molecule has 1 saturated heterocycles. The number of nitrogens with one attached hydrogen (secondary N) is 1. The standard InChI is InChI=1S/C23H28N2O2/c1-17-7-9-19(10-8-17)11-12-22(26)25-15-13-20(14-16-25)24-23(27)21-6-4-3-5-18(21)2/h3-10,20H,11-16H2,1-2H3,(H,24,27). The molecule has 27 heavy (non-hydrogen) atoms. The maximum atomic E-state index is 12.5. The van der Waals surface area contributed by atoms with Gasteiger partial charge in [0.15, 0.2) is 0 Å². The summed E-state index contributed by atoms with van der Waals surface area (Å²) in [6.07, 6.45) is 2.95. The SMILES string of the molecule is Cc1ccc(CCC(=O)N2CCC(NC(=O)c3ccccc3C)CC2)cc1. The quantitative estimate of drug-likeness (QED) is 0.880. The molecular formula is C23H28N2O2. The highest BCUT2D eigenvalue weighted by Gasteiger charge is 2.24. The molecule has 0 aliphatic carbocycles. The predicted molar refractivity (Wildman–Crippen MR) is 108 cm³/mol. The molecule has 0 unspecified atom stereocenters. The van der Waals surface area contributed by atoms with Gasteiger partial charge < -0.3 is 10.2 Å². The van der Waals surface area contributed by atoms with Gasteiger partial charge in [0.05, 0.1) is 0 Å². The summed E-state index contributed by atoms with van der Waals surface area (Å²) in [5.41, 5.74) is 4.15. The smallest absolute Gasteiger partial charge is 0.251 e. The summed E-state index contributed by atoms with van der Waals surface area (Å²) in [5, 5.41) is 3.12. The normalized spacial score (nSPS) is 14.8. The Kier molecular flexibility index (Phi) is 6.28. The zero-order chi connectivity index (χ0) is 19.2. The van der Waals surface area contributed by atoms with E-state index in [2.05, 4.69) is 36.5 Å². The predicted octanol–water partition coefficient (Wildman–Crippen LogP) is 3.66. The molecule has 1 N–H and O–H groups in total. The number of nitrogens with zero attached hydrogens (tertiary/aromatic N) is 1. The van der Waals surface area contributed by atoms with Gasteiger partial charge in [-0.25, -0.2) is 0 Å². The van der Waals surface area contributed by atoms with Gasteiger partial charge in [-0.15, -0.1) is 0 Å². The molecule has 1 fully saturated rings. The first-order valence-corrected chi connectivity index (χ1v) is 9.73. The van der Waals surface area contributed by atoms with Crippen LogP contribution in [0.1, 0.15) is 46.3 Å². The fourth-order valence-corrected chi connectivity index (χ4v) is 3.53. The molecule has 0 atom stereocenters. The molecule has 142 valence electrons. The number of carbonyl (C=O) groups is 2. The van der Waals surface area contributed by atoms with Crippen molar-refractivity contribution in [1.82, 2.24) is 10.2 Å². The number of aryl methyl sites for hydroxylation is 3. The maximum Gasteiger partial charge on any atom is 0.251 e. The van der Waals surface area contributed by atoms with Gasteiger partial charge in [-0.05, 0) is 50.3 Å². The van der Waals surface area contributed by atoms with E-state index in [-0.39, 0.29) is 17.9 Å². The molecule has 1 aliphatic heterocycles. The summed E-state index contributed by atoms with van der Waals surface area (Å²) in [6, 6.07) is 16.1. The number of carbonyl (C=O) groups excluding carboxylic acids is 2. The second kappa shape index (κ2) is 8.85. The number of hydrogen-bond acceptors (Lipinski definition) is 2. The molecule has 1 heterocycles. The molecule has 4 heteroatoms. The Hall–Kier alpha value is -2.62. The van der Waals surface area contributed by atoms with E-state index in [0.29, 0.717) is 19.5 Å². The number of hydrogen-bond donors (Lipinski definition) is 1. The van der Waals surface area contributed by atoms with E-state index >= 15 is 0 Å². The van der Waals surface area contributed by atoms with Crippen LogP contribution in [0.15, 0.2) is 48.5 Å². The van der Waals surface area contributed by atoms with Crippen LogP contribution in [0.2, 0.25) is 0 Å². The van der Waals surface area contributed by atoms with Gasteiger partial charge in [0.25, 0.3) is 5.91 Å². The van der Waals surface area contributed by atoms with Crippen LogP contribution in [0.5, 0.6) is 0 Å². The van der Waals surface area contributed by atoms with Crippen molar-refractivity contribution < 1.29 is 9.59 Å². The van der Waals surface area contributed by atoms with Crippen LogP contribution in [-0.2, 0) is 11.2 Å². The van der Waals surface area contributed by atoms with E-state index in [4.69, 9.17) is 0 Å². The van der Waals surface area contributed by atoms with Crippen LogP contribution in [0.3, 0.4) is 0 Å². The third kappa shape index (κ3) is 5.19. The second-order valence-corrected chi connectivity index (χ2v) is 7.43. The van der Waals surface area contributed by atoms with Crippen LogP contribution in [-0.4, -0.2) is 35.8 Å². The third-order valence-corrected chi connectivity index (χ3v) is 5.32. The van der Waals surface area contributed by atoms with Crippen molar-refractivity contribution >= 4 is 11.8 Å². The lowest BCUT2D eigenvalue weighted by Gasteiger charge is -2.32. The second-order valence-electron chi connectivity index (χ2n) is 7.43. The van der Waals surface area contributed by atoms with Gasteiger partial charge in [-0.2, -0.15) is 0 Å². The lowest BCUT2D eigenvalue weighted by Crippen LogP contribution is -2.46. The molecule has 0 saturated carbocycles. The number of piperidine rings is 1. The summed E-state index contributed by atoms with van der Waals surface area (Å²) in [4.78, 5) is 26.8. The molecule has 0 aromatic heterocycles. The number of rotatable bonds is 5. The van der Waals surface area contributed by atoms with Crippen LogP contribution in [0.4, 0.5) is 0 Å². The van der Waals surface area contributed by atoms with E-state index < -0.39 is 0 Å². The van der Waals surface area contributed by atoms with Gasteiger partial charge in [0.2, 0.25) is 5.91 Å². The minimum absolute atomic E-state index is 0.0164.